The van der Waals surface area contributed by atoms with Gasteiger partial charge in [-0.3, -0.25) is 4.79 Å². The van der Waals surface area contributed by atoms with Gasteiger partial charge in [0.25, 0.3) is 0 Å². The first-order chi connectivity index (χ1) is 13.3. The van der Waals surface area contributed by atoms with E-state index in [9.17, 15) is 14.9 Å². The summed E-state index contributed by atoms with van der Waals surface area (Å²) < 4.78 is 4.98. The molecule has 0 aliphatic heterocycles. The molecule has 0 aliphatic carbocycles. The van der Waals surface area contributed by atoms with E-state index in [-0.39, 0.29) is 29.4 Å². The van der Waals surface area contributed by atoms with Crippen LogP contribution in [-0.2, 0) is 9.53 Å². The molecule has 0 unspecified atom stereocenters. The normalized spacial score (nSPS) is 10.3. The fraction of sp³-hybridized carbons (Fsp3) is 0.333. The van der Waals surface area contributed by atoms with Gasteiger partial charge < -0.3 is 10.1 Å². The number of ether oxygens (including phenoxy) is 1. The second-order valence-electron chi connectivity index (χ2n) is 6.42. The Morgan fingerprint density at radius 1 is 1.18 bits per heavy atom. The zero-order valence-corrected chi connectivity index (χ0v) is 17.5. The summed E-state index contributed by atoms with van der Waals surface area (Å²) >= 11 is 1.16. The molecule has 7 heteroatoms. The van der Waals surface area contributed by atoms with Crippen LogP contribution in [0, 0.1) is 39.0 Å². The topological polar surface area (TPSA) is 92.1 Å². The van der Waals surface area contributed by atoms with Crippen molar-refractivity contribution in [1.29, 1.82) is 5.26 Å². The van der Waals surface area contributed by atoms with Crippen molar-refractivity contribution in [1.82, 2.24) is 4.98 Å². The van der Waals surface area contributed by atoms with Gasteiger partial charge >= 0.3 is 5.97 Å². The maximum atomic E-state index is 12.4. The number of pyridine rings is 1. The van der Waals surface area contributed by atoms with Crippen LogP contribution in [0.1, 0.15) is 45.2 Å². The first-order valence-electron chi connectivity index (χ1n) is 8.86. The highest BCUT2D eigenvalue weighted by Crippen LogP contribution is 2.25. The average molecular weight is 398 g/mol. The lowest BCUT2D eigenvalue weighted by Crippen LogP contribution is -2.16. The van der Waals surface area contributed by atoms with Crippen LogP contribution >= 0.6 is 11.8 Å². The third kappa shape index (κ3) is 5.11. The number of benzene rings is 1. The number of esters is 1. The lowest BCUT2D eigenvalue weighted by atomic mass is 10.1. The van der Waals surface area contributed by atoms with Gasteiger partial charge in [-0.25, -0.2) is 9.78 Å². The summed E-state index contributed by atoms with van der Waals surface area (Å²) in [5, 5.41) is 12.7. The molecule has 1 heterocycles. The Labute approximate surface area is 169 Å². The molecule has 0 radical (unpaired) electrons. The molecule has 0 atom stereocenters. The first kappa shape index (κ1) is 21.5. The second kappa shape index (κ2) is 9.38. The molecule has 0 fully saturated rings. The number of amides is 1. The number of nitrogens with one attached hydrogen (secondary N) is 1. The highest BCUT2D eigenvalue weighted by atomic mass is 32.2. The molecule has 0 bridgehead atoms. The number of hydrogen-bond acceptors (Lipinski definition) is 6. The number of aryl methyl sites for hydroxylation is 4. The molecule has 2 rings (SSSR count). The maximum Gasteiger partial charge on any atom is 0.340 e. The van der Waals surface area contributed by atoms with Crippen molar-refractivity contribution in [2.75, 3.05) is 17.7 Å². The Morgan fingerprint density at radius 2 is 1.82 bits per heavy atom. The molecule has 28 heavy (non-hydrogen) atoms. The predicted octanol–water partition coefficient (Wildman–Crippen LogP) is 4.09. The van der Waals surface area contributed by atoms with E-state index in [0.29, 0.717) is 10.7 Å². The van der Waals surface area contributed by atoms with E-state index in [2.05, 4.69) is 10.3 Å². The molecule has 1 aromatic carbocycles. The van der Waals surface area contributed by atoms with E-state index in [1.165, 1.54) is 6.07 Å². The van der Waals surface area contributed by atoms with E-state index < -0.39 is 5.97 Å². The van der Waals surface area contributed by atoms with E-state index in [1.807, 2.05) is 39.0 Å². The van der Waals surface area contributed by atoms with Gasteiger partial charge in [0.1, 0.15) is 11.1 Å². The molecule has 1 amide bonds. The number of aromatic nitrogens is 1. The molecule has 146 valence electrons. The Hall–Kier alpha value is -2.85. The Bertz CT molecular complexity index is 941. The van der Waals surface area contributed by atoms with E-state index >= 15 is 0 Å². The van der Waals surface area contributed by atoms with Gasteiger partial charge in [0.15, 0.2) is 0 Å². The van der Waals surface area contributed by atoms with Crippen molar-refractivity contribution in [3.05, 3.63) is 51.7 Å². The highest BCUT2D eigenvalue weighted by molar-refractivity contribution is 8.00. The smallest absolute Gasteiger partial charge is 0.340 e. The van der Waals surface area contributed by atoms with Crippen LogP contribution in [0.3, 0.4) is 0 Å². The molecular weight excluding hydrogens is 374 g/mol. The average Bonchev–Trinajstić information content (AvgIpc) is 2.63. The van der Waals surface area contributed by atoms with Crippen molar-refractivity contribution in [2.24, 2.45) is 0 Å². The van der Waals surface area contributed by atoms with Crippen molar-refractivity contribution < 1.29 is 14.3 Å². The monoisotopic (exact) mass is 397 g/mol. The number of carbonyl (C=O) groups is 2. The molecule has 1 aromatic heterocycles. The third-order valence-electron chi connectivity index (χ3n) is 4.08. The zero-order chi connectivity index (χ0) is 20.8. The molecule has 1 N–H and O–H groups in total. The van der Waals surface area contributed by atoms with Crippen molar-refractivity contribution in [3.63, 3.8) is 0 Å². The predicted molar refractivity (Wildman–Crippen MR) is 110 cm³/mol. The number of anilines is 1. The lowest BCUT2D eigenvalue weighted by molar-refractivity contribution is -0.113. The lowest BCUT2D eigenvalue weighted by Gasteiger charge is -2.13. The van der Waals surface area contributed by atoms with Gasteiger partial charge in [0, 0.05) is 5.69 Å². The highest BCUT2D eigenvalue weighted by Gasteiger charge is 2.17. The van der Waals surface area contributed by atoms with Crippen LogP contribution in [0.2, 0.25) is 0 Å². The minimum atomic E-state index is -0.511. The largest absolute Gasteiger partial charge is 0.462 e. The number of hydrogen-bond donors (Lipinski definition) is 1. The molecule has 0 aliphatic rings. The first-order valence-corrected chi connectivity index (χ1v) is 9.84. The van der Waals surface area contributed by atoms with Crippen LogP contribution in [-0.4, -0.2) is 29.2 Å². The van der Waals surface area contributed by atoms with Crippen LogP contribution in [0.4, 0.5) is 5.69 Å². The zero-order valence-electron chi connectivity index (χ0n) is 16.7. The van der Waals surface area contributed by atoms with Gasteiger partial charge in [0.2, 0.25) is 5.91 Å². The second-order valence-corrected chi connectivity index (χ2v) is 7.38. The number of thioether (sulfide) groups is 1. The number of nitriles is 1. The third-order valence-corrected chi connectivity index (χ3v) is 5.07. The molecule has 0 saturated heterocycles. The molecule has 0 spiro atoms. The van der Waals surface area contributed by atoms with E-state index in [4.69, 9.17) is 4.74 Å². The Balaban J connectivity index is 2.14. The van der Waals surface area contributed by atoms with Gasteiger partial charge in [0.05, 0.1) is 29.2 Å². The minimum absolute atomic E-state index is 0.104. The van der Waals surface area contributed by atoms with Crippen LogP contribution in [0.25, 0.3) is 0 Å². The number of nitrogens with zero attached hydrogens (tertiary/aromatic N) is 2. The summed E-state index contributed by atoms with van der Waals surface area (Å²) in [6, 6.07) is 7.54. The fourth-order valence-electron chi connectivity index (χ4n) is 2.88. The minimum Gasteiger partial charge on any atom is -0.462 e. The van der Waals surface area contributed by atoms with Crippen LogP contribution in [0.15, 0.2) is 23.2 Å². The van der Waals surface area contributed by atoms with Crippen molar-refractivity contribution in [3.8, 4) is 6.07 Å². The van der Waals surface area contributed by atoms with Gasteiger partial charge in [-0.05, 0) is 51.8 Å². The quantitative estimate of drug-likeness (QED) is 0.583. The summed E-state index contributed by atoms with van der Waals surface area (Å²) in [5.74, 6) is -0.589. The summed E-state index contributed by atoms with van der Waals surface area (Å²) in [7, 11) is 0. The molecular formula is C21H23N3O3S. The number of carbonyl (C=O) groups excluding carboxylic acids is 2. The van der Waals surface area contributed by atoms with Gasteiger partial charge in [-0.15, -0.1) is 0 Å². The fourth-order valence-corrected chi connectivity index (χ4v) is 3.68. The van der Waals surface area contributed by atoms with E-state index in [0.717, 1.165) is 34.1 Å². The molecule has 0 saturated carbocycles. The Kier molecular flexibility index (Phi) is 7.18. The van der Waals surface area contributed by atoms with Crippen LogP contribution in [0.5, 0.6) is 0 Å². The van der Waals surface area contributed by atoms with Crippen LogP contribution < -0.4 is 5.32 Å². The molecule has 2 aromatic rings. The summed E-state index contributed by atoms with van der Waals surface area (Å²) in [6.07, 6.45) is 0. The molecule has 6 nitrogen and oxygen atoms in total. The SMILES string of the molecule is CCOC(=O)c1cc(C#N)c(SCC(=O)Nc2c(C)cc(C)cc2C)nc1C. The summed E-state index contributed by atoms with van der Waals surface area (Å²) in [5.41, 5.74) is 4.92. The standard InChI is InChI=1S/C21H23N3O3S/c1-6-27-21(26)17-9-16(10-22)20(23-15(17)5)28-11-18(25)24-19-13(3)7-12(2)8-14(19)4/h7-9H,6,11H2,1-5H3,(H,24,25). The number of rotatable bonds is 6. The van der Waals surface area contributed by atoms with E-state index in [1.54, 1.807) is 13.8 Å². The maximum absolute atomic E-state index is 12.4. The van der Waals surface area contributed by atoms with Crippen molar-refractivity contribution >= 4 is 29.3 Å². The summed E-state index contributed by atoms with van der Waals surface area (Å²) in [6.45, 7) is 9.56. The Morgan fingerprint density at radius 3 is 2.39 bits per heavy atom. The van der Waals surface area contributed by atoms with Crippen molar-refractivity contribution in [2.45, 2.75) is 39.6 Å². The summed E-state index contributed by atoms with van der Waals surface area (Å²) in [4.78, 5) is 28.7. The van der Waals surface area contributed by atoms with Gasteiger partial charge in [-0.2, -0.15) is 5.26 Å². The van der Waals surface area contributed by atoms with Gasteiger partial charge in [-0.1, -0.05) is 29.5 Å².